The lowest BCUT2D eigenvalue weighted by molar-refractivity contribution is -0.385. The lowest BCUT2D eigenvalue weighted by atomic mass is 10.1. The van der Waals surface area contributed by atoms with Gasteiger partial charge in [0.05, 0.1) is 11.0 Å². The number of rotatable bonds is 5. The molecule has 0 amide bonds. The zero-order chi connectivity index (χ0) is 12.1. The highest BCUT2D eigenvalue weighted by Crippen LogP contribution is 2.17. The van der Waals surface area contributed by atoms with Gasteiger partial charge in [-0.05, 0) is 19.4 Å². The Labute approximate surface area is 94.3 Å². The number of hydrogen-bond acceptors (Lipinski definition) is 4. The summed E-state index contributed by atoms with van der Waals surface area (Å²) < 4.78 is 0. The van der Waals surface area contributed by atoms with E-state index < -0.39 is 11.0 Å². The second-order valence-electron chi connectivity index (χ2n) is 3.87. The maximum absolute atomic E-state index is 10.6. The van der Waals surface area contributed by atoms with Crippen molar-refractivity contribution in [1.82, 2.24) is 4.98 Å². The Hall–Kier alpha value is -1.49. The highest BCUT2D eigenvalue weighted by molar-refractivity contribution is 5.37. The largest absolute Gasteiger partial charge is 0.393 e. The zero-order valence-corrected chi connectivity index (χ0v) is 9.51. The van der Waals surface area contributed by atoms with Gasteiger partial charge in [0.25, 0.3) is 5.69 Å². The molecule has 0 aliphatic rings. The van der Waals surface area contributed by atoms with Crippen molar-refractivity contribution < 1.29 is 10.0 Å². The number of aliphatic hydroxyl groups is 1. The van der Waals surface area contributed by atoms with Crippen molar-refractivity contribution >= 4 is 5.69 Å². The summed E-state index contributed by atoms with van der Waals surface area (Å²) in [6, 6.07) is 1.66. The van der Waals surface area contributed by atoms with Crippen LogP contribution in [0.15, 0.2) is 12.3 Å². The fraction of sp³-hybridized carbons (Fsp3) is 0.545. The second-order valence-corrected chi connectivity index (χ2v) is 3.87. The first kappa shape index (κ1) is 12.6. The summed E-state index contributed by atoms with van der Waals surface area (Å²) in [4.78, 5) is 14.1. The maximum atomic E-state index is 10.6. The molecule has 0 radical (unpaired) electrons. The molecule has 1 rings (SSSR count). The summed E-state index contributed by atoms with van der Waals surface area (Å²) in [5.74, 6) is 0. The van der Waals surface area contributed by atoms with Gasteiger partial charge < -0.3 is 5.11 Å². The first-order chi connectivity index (χ1) is 7.54. The molecule has 0 saturated carbocycles. The highest BCUT2D eigenvalue weighted by atomic mass is 16.6. The van der Waals surface area contributed by atoms with Gasteiger partial charge in [0.15, 0.2) is 0 Å². The predicted molar refractivity (Wildman–Crippen MR) is 60.2 cm³/mol. The summed E-state index contributed by atoms with van der Waals surface area (Å²) in [5.41, 5.74) is 1.30. The molecule has 1 N–H and O–H groups in total. The molecule has 5 nitrogen and oxygen atoms in total. The Kier molecular flexibility index (Phi) is 4.37. The first-order valence-corrected chi connectivity index (χ1v) is 5.32. The minimum Gasteiger partial charge on any atom is -0.393 e. The molecule has 0 bridgehead atoms. The van der Waals surface area contributed by atoms with Crippen LogP contribution in [0.4, 0.5) is 5.69 Å². The molecule has 5 heteroatoms. The molecule has 1 aromatic heterocycles. The molecule has 0 fully saturated rings. The molecule has 1 atom stereocenters. The van der Waals surface area contributed by atoms with Crippen LogP contribution in [-0.4, -0.2) is 21.1 Å². The van der Waals surface area contributed by atoms with Gasteiger partial charge in [0.2, 0.25) is 0 Å². The molecule has 88 valence electrons. The SMILES string of the molecule is CCCC(O)Cc1cc(C)c([N+](=O)[O-])cn1. The summed E-state index contributed by atoms with van der Waals surface area (Å²) in [6.45, 7) is 3.67. The number of aliphatic hydroxyl groups excluding tert-OH is 1. The molecule has 0 aliphatic heterocycles. The van der Waals surface area contributed by atoms with Crippen LogP contribution in [0.5, 0.6) is 0 Å². The molecule has 0 spiro atoms. The van der Waals surface area contributed by atoms with Gasteiger partial charge in [0, 0.05) is 17.7 Å². The Morgan fingerprint density at radius 2 is 2.31 bits per heavy atom. The van der Waals surface area contributed by atoms with Crippen LogP contribution in [-0.2, 0) is 6.42 Å². The number of aromatic nitrogens is 1. The first-order valence-electron chi connectivity index (χ1n) is 5.32. The average Bonchev–Trinajstić information content (AvgIpc) is 2.17. The van der Waals surface area contributed by atoms with Crippen molar-refractivity contribution in [2.75, 3.05) is 0 Å². The van der Waals surface area contributed by atoms with Crippen molar-refractivity contribution in [2.45, 2.75) is 39.2 Å². The summed E-state index contributed by atoms with van der Waals surface area (Å²) in [6.07, 6.45) is 2.92. The lowest BCUT2D eigenvalue weighted by Crippen LogP contribution is -2.11. The van der Waals surface area contributed by atoms with E-state index in [-0.39, 0.29) is 5.69 Å². The topological polar surface area (TPSA) is 76.3 Å². The minimum absolute atomic E-state index is 0.0220. The van der Waals surface area contributed by atoms with E-state index in [1.54, 1.807) is 13.0 Å². The maximum Gasteiger partial charge on any atom is 0.290 e. The fourth-order valence-electron chi connectivity index (χ4n) is 1.59. The molecule has 0 saturated heterocycles. The number of aryl methyl sites for hydroxylation is 1. The third-order valence-corrected chi connectivity index (χ3v) is 2.40. The average molecular weight is 224 g/mol. The van der Waals surface area contributed by atoms with Gasteiger partial charge in [-0.1, -0.05) is 13.3 Å². The lowest BCUT2D eigenvalue weighted by Gasteiger charge is -2.08. The molecule has 16 heavy (non-hydrogen) atoms. The Balaban J connectivity index is 2.77. The van der Waals surface area contributed by atoms with Crippen LogP contribution in [0.3, 0.4) is 0 Å². The van der Waals surface area contributed by atoms with Crippen LogP contribution in [0.2, 0.25) is 0 Å². The number of nitro groups is 1. The van der Waals surface area contributed by atoms with E-state index in [1.807, 2.05) is 6.92 Å². The van der Waals surface area contributed by atoms with Crippen LogP contribution in [0.25, 0.3) is 0 Å². The van der Waals surface area contributed by atoms with Gasteiger partial charge in [-0.25, -0.2) is 0 Å². The Morgan fingerprint density at radius 3 is 2.81 bits per heavy atom. The number of pyridine rings is 1. The Morgan fingerprint density at radius 1 is 1.62 bits per heavy atom. The summed E-state index contributed by atoms with van der Waals surface area (Å²) >= 11 is 0. The fourth-order valence-corrected chi connectivity index (χ4v) is 1.59. The van der Waals surface area contributed by atoms with Gasteiger partial charge in [-0.15, -0.1) is 0 Å². The summed E-state index contributed by atoms with van der Waals surface area (Å²) in [7, 11) is 0. The smallest absolute Gasteiger partial charge is 0.290 e. The van der Waals surface area contributed by atoms with E-state index in [4.69, 9.17) is 0 Å². The zero-order valence-electron chi connectivity index (χ0n) is 9.51. The quantitative estimate of drug-likeness (QED) is 0.613. The number of nitrogens with zero attached hydrogens (tertiary/aromatic N) is 2. The molecule has 1 aromatic rings. The van der Waals surface area contributed by atoms with Gasteiger partial charge in [-0.3, -0.25) is 15.1 Å². The third-order valence-electron chi connectivity index (χ3n) is 2.40. The van der Waals surface area contributed by atoms with E-state index in [0.717, 1.165) is 12.8 Å². The third kappa shape index (κ3) is 3.27. The predicted octanol–water partition coefficient (Wildman–Crippen LogP) is 2.00. The van der Waals surface area contributed by atoms with Crippen LogP contribution < -0.4 is 0 Å². The Bertz CT molecular complexity index is 379. The van der Waals surface area contributed by atoms with Gasteiger partial charge in [0.1, 0.15) is 6.20 Å². The van der Waals surface area contributed by atoms with E-state index in [1.165, 1.54) is 6.20 Å². The van der Waals surface area contributed by atoms with Crippen molar-refractivity contribution in [2.24, 2.45) is 0 Å². The highest BCUT2D eigenvalue weighted by Gasteiger charge is 2.13. The van der Waals surface area contributed by atoms with Crippen LogP contribution in [0.1, 0.15) is 31.0 Å². The van der Waals surface area contributed by atoms with Gasteiger partial charge in [-0.2, -0.15) is 0 Å². The molecular weight excluding hydrogens is 208 g/mol. The minimum atomic E-state index is -0.450. The van der Waals surface area contributed by atoms with Crippen molar-refractivity contribution in [3.05, 3.63) is 33.6 Å². The molecular formula is C11H16N2O3. The van der Waals surface area contributed by atoms with Crippen LogP contribution >= 0.6 is 0 Å². The normalized spacial score (nSPS) is 12.4. The van der Waals surface area contributed by atoms with E-state index in [0.29, 0.717) is 17.7 Å². The van der Waals surface area contributed by atoms with E-state index >= 15 is 0 Å². The molecule has 1 heterocycles. The van der Waals surface area contributed by atoms with Crippen LogP contribution in [0, 0.1) is 17.0 Å². The molecule has 1 unspecified atom stereocenters. The van der Waals surface area contributed by atoms with Crippen molar-refractivity contribution in [3.63, 3.8) is 0 Å². The van der Waals surface area contributed by atoms with E-state index in [9.17, 15) is 15.2 Å². The van der Waals surface area contributed by atoms with Gasteiger partial charge >= 0.3 is 0 Å². The number of hydrogen-bond donors (Lipinski definition) is 1. The summed E-state index contributed by atoms with van der Waals surface area (Å²) in [5, 5.41) is 20.2. The molecule has 0 aromatic carbocycles. The molecule has 0 aliphatic carbocycles. The monoisotopic (exact) mass is 224 g/mol. The van der Waals surface area contributed by atoms with Crippen molar-refractivity contribution in [1.29, 1.82) is 0 Å². The standard InChI is InChI=1S/C11H16N2O3/c1-3-4-10(14)6-9-5-8(2)11(7-12-9)13(15)16/h5,7,10,14H,3-4,6H2,1-2H3. The van der Waals surface area contributed by atoms with E-state index in [2.05, 4.69) is 4.98 Å². The van der Waals surface area contributed by atoms with Crippen molar-refractivity contribution in [3.8, 4) is 0 Å². The second kappa shape index (κ2) is 5.55.